The maximum Gasteiger partial charge on any atom is 0.375 e. The Morgan fingerprint density at radius 2 is 1.83 bits per heavy atom. The van der Waals surface area contributed by atoms with E-state index in [-0.39, 0.29) is 24.9 Å². The Morgan fingerprint density at radius 1 is 1.03 bits per heavy atom. The van der Waals surface area contributed by atoms with Gasteiger partial charge in [-0.3, -0.25) is 4.79 Å². The molecule has 2 aromatic heterocycles. The van der Waals surface area contributed by atoms with Crippen LogP contribution in [0.4, 0.5) is 0 Å². The zero-order valence-corrected chi connectivity index (χ0v) is 19.8. The van der Waals surface area contributed by atoms with Crippen molar-refractivity contribution in [3.8, 4) is 11.5 Å². The molecule has 180 valence electrons. The lowest BCUT2D eigenvalue weighted by atomic mass is 10.1. The van der Waals surface area contributed by atoms with E-state index in [0.717, 1.165) is 28.1 Å². The van der Waals surface area contributed by atoms with Crippen LogP contribution < -0.4 is 9.47 Å². The molecule has 0 fully saturated rings. The molecule has 4 aromatic rings. The largest absolute Gasteiger partial charge is 0.454 e. The number of Topliss-reactive ketones (excluding diaryl/α,β-unsaturated/α-hetero) is 1. The van der Waals surface area contributed by atoms with Crippen LogP contribution in [0, 0.1) is 13.8 Å². The first-order valence-corrected chi connectivity index (χ1v) is 11.2. The van der Waals surface area contributed by atoms with Crippen molar-refractivity contribution >= 4 is 22.7 Å². The SMILES string of the molecule is COCc1c(C(=O)OCC(=O)c2cc(C)n(Cc3ccc4c(c3)OCO4)c2C)oc2ccccc12. The average Bonchev–Trinajstić information content (AvgIpc) is 3.55. The van der Waals surface area contributed by atoms with Crippen LogP contribution in [0.15, 0.2) is 52.9 Å². The molecule has 3 heterocycles. The van der Waals surface area contributed by atoms with Crippen LogP contribution in [0.25, 0.3) is 11.0 Å². The number of furan rings is 1. The van der Waals surface area contributed by atoms with Gasteiger partial charge in [-0.2, -0.15) is 0 Å². The van der Waals surface area contributed by atoms with Gasteiger partial charge in [-0.1, -0.05) is 24.3 Å². The number of methoxy groups -OCH3 is 1. The number of carbonyl (C=O) groups excluding carboxylic acids is 2. The van der Waals surface area contributed by atoms with Gasteiger partial charge in [0.25, 0.3) is 0 Å². The smallest absolute Gasteiger partial charge is 0.375 e. The van der Waals surface area contributed by atoms with Gasteiger partial charge in [0.15, 0.2) is 18.1 Å². The van der Waals surface area contributed by atoms with Crippen molar-refractivity contribution in [1.82, 2.24) is 4.57 Å². The molecule has 0 amide bonds. The summed E-state index contributed by atoms with van der Waals surface area (Å²) >= 11 is 0. The summed E-state index contributed by atoms with van der Waals surface area (Å²) in [6, 6.07) is 14.9. The van der Waals surface area contributed by atoms with Crippen LogP contribution in [0.1, 0.15) is 43.4 Å². The molecule has 0 saturated heterocycles. The number of hydrogen-bond donors (Lipinski definition) is 0. The monoisotopic (exact) mass is 475 g/mol. The lowest BCUT2D eigenvalue weighted by Gasteiger charge is -2.11. The number of ketones is 1. The Labute approximate surface area is 201 Å². The number of aryl methyl sites for hydroxylation is 1. The maximum absolute atomic E-state index is 13.0. The second-order valence-electron chi connectivity index (χ2n) is 8.40. The highest BCUT2D eigenvalue weighted by atomic mass is 16.7. The summed E-state index contributed by atoms with van der Waals surface area (Å²) in [4.78, 5) is 25.8. The Kier molecular flexibility index (Phi) is 6.05. The topological polar surface area (TPSA) is 89.1 Å². The van der Waals surface area contributed by atoms with Gasteiger partial charge in [0.1, 0.15) is 5.58 Å². The Balaban J connectivity index is 1.31. The van der Waals surface area contributed by atoms with Gasteiger partial charge >= 0.3 is 5.97 Å². The molecule has 8 nitrogen and oxygen atoms in total. The fourth-order valence-electron chi connectivity index (χ4n) is 4.37. The van der Waals surface area contributed by atoms with Gasteiger partial charge in [0.05, 0.1) is 6.61 Å². The molecule has 0 spiro atoms. The summed E-state index contributed by atoms with van der Waals surface area (Å²) in [6.45, 7) is 4.41. The lowest BCUT2D eigenvalue weighted by Crippen LogP contribution is -2.16. The van der Waals surface area contributed by atoms with Crippen molar-refractivity contribution < 1.29 is 33.0 Å². The molecule has 1 aliphatic rings. The van der Waals surface area contributed by atoms with Crippen molar-refractivity contribution in [3.05, 3.63) is 82.4 Å². The number of rotatable bonds is 8. The summed E-state index contributed by atoms with van der Waals surface area (Å²) in [5, 5.41) is 0.777. The number of hydrogen-bond acceptors (Lipinski definition) is 7. The Bertz CT molecular complexity index is 1430. The summed E-state index contributed by atoms with van der Waals surface area (Å²) in [7, 11) is 1.54. The van der Waals surface area contributed by atoms with Gasteiger partial charge < -0.3 is 27.9 Å². The first-order chi connectivity index (χ1) is 17.0. The minimum atomic E-state index is -0.698. The van der Waals surface area contributed by atoms with Crippen molar-refractivity contribution in [2.45, 2.75) is 27.0 Å². The summed E-state index contributed by atoms with van der Waals surface area (Å²) < 4.78 is 29.2. The molecule has 0 bridgehead atoms. The number of carbonyl (C=O) groups is 2. The van der Waals surface area contributed by atoms with E-state index in [4.69, 9.17) is 23.4 Å². The normalized spacial score (nSPS) is 12.3. The zero-order valence-electron chi connectivity index (χ0n) is 19.8. The molecule has 0 N–H and O–H groups in total. The molecular weight excluding hydrogens is 450 g/mol. The van der Waals surface area contributed by atoms with Crippen LogP contribution in [-0.2, 0) is 22.6 Å². The van der Waals surface area contributed by atoms with E-state index >= 15 is 0 Å². The third-order valence-electron chi connectivity index (χ3n) is 6.16. The van der Waals surface area contributed by atoms with E-state index in [9.17, 15) is 9.59 Å². The highest BCUT2D eigenvalue weighted by Gasteiger charge is 2.24. The minimum absolute atomic E-state index is 0.0501. The first kappa shape index (κ1) is 22.7. The summed E-state index contributed by atoms with van der Waals surface area (Å²) in [6.07, 6.45) is 0. The molecule has 0 unspecified atom stereocenters. The van der Waals surface area contributed by atoms with Crippen LogP contribution in [0.5, 0.6) is 11.5 Å². The number of fused-ring (bicyclic) bond motifs is 2. The van der Waals surface area contributed by atoms with Gasteiger partial charge in [0, 0.05) is 41.6 Å². The molecule has 0 radical (unpaired) electrons. The molecular formula is C27H25NO7. The van der Waals surface area contributed by atoms with Crippen LogP contribution >= 0.6 is 0 Å². The second kappa shape index (κ2) is 9.31. The molecule has 5 rings (SSSR count). The van der Waals surface area contributed by atoms with E-state index in [2.05, 4.69) is 0 Å². The van der Waals surface area contributed by atoms with E-state index in [1.165, 1.54) is 0 Å². The number of nitrogens with zero attached hydrogens (tertiary/aromatic N) is 1. The number of aromatic nitrogens is 1. The fraction of sp³-hybridized carbons (Fsp3) is 0.259. The number of para-hydroxylation sites is 1. The molecule has 2 aromatic carbocycles. The predicted molar refractivity (Wildman–Crippen MR) is 127 cm³/mol. The van der Waals surface area contributed by atoms with Gasteiger partial charge in [-0.15, -0.1) is 0 Å². The van der Waals surface area contributed by atoms with Crippen molar-refractivity contribution in [3.63, 3.8) is 0 Å². The summed E-state index contributed by atoms with van der Waals surface area (Å²) in [5.74, 6) is 0.509. The van der Waals surface area contributed by atoms with Gasteiger partial charge in [-0.25, -0.2) is 4.79 Å². The average molecular weight is 475 g/mol. The Morgan fingerprint density at radius 3 is 2.66 bits per heavy atom. The van der Waals surface area contributed by atoms with Gasteiger partial charge in [0.2, 0.25) is 18.3 Å². The molecule has 35 heavy (non-hydrogen) atoms. The van der Waals surface area contributed by atoms with Crippen LogP contribution in [0.3, 0.4) is 0 Å². The first-order valence-electron chi connectivity index (χ1n) is 11.2. The van der Waals surface area contributed by atoms with E-state index < -0.39 is 12.6 Å². The van der Waals surface area contributed by atoms with Gasteiger partial charge in [-0.05, 0) is 43.7 Å². The second-order valence-corrected chi connectivity index (χ2v) is 8.40. The molecule has 0 atom stereocenters. The number of esters is 1. The van der Waals surface area contributed by atoms with Crippen LogP contribution in [-0.4, -0.2) is 36.8 Å². The van der Waals surface area contributed by atoms with Crippen molar-refractivity contribution in [2.24, 2.45) is 0 Å². The third kappa shape index (κ3) is 4.28. The number of benzene rings is 2. The van der Waals surface area contributed by atoms with E-state index in [0.29, 0.717) is 29.0 Å². The molecule has 8 heteroatoms. The van der Waals surface area contributed by atoms with Crippen LogP contribution in [0.2, 0.25) is 0 Å². The predicted octanol–water partition coefficient (Wildman–Crippen LogP) is 4.81. The Hall–Kier alpha value is -4.04. The fourth-order valence-corrected chi connectivity index (χ4v) is 4.37. The van der Waals surface area contributed by atoms with E-state index in [1.807, 2.05) is 60.9 Å². The highest BCUT2D eigenvalue weighted by Crippen LogP contribution is 2.33. The highest BCUT2D eigenvalue weighted by molar-refractivity contribution is 6.01. The molecule has 1 aliphatic heterocycles. The molecule has 0 saturated carbocycles. The standard InChI is InChI=1S/C27H25NO7/c1-16-10-20(17(2)28(16)12-18-8-9-24-25(11-18)34-15-33-24)22(29)14-32-27(30)26-21(13-31-3)19-6-4-5-7-23(19)35-26/h4-11H,12-15H2,1-3H3. The molecule has 0 aliphatic carbocycles. The quantitative estimate of drug-likeness (QED) is 0.267. The van der Waals surface area contributed by atoms with E-state index in [1.54, 1.807) is 13.2 Å². The van der Waals surface area contributed by atoms with Crippen molar-refractivity contribution in [1.29, 1.82) is 0 Å². The van der Waals surface area contributed by atoms with Crippen molar-refractivity contribution in [2.75, 3.05) is 20.5 Å². The minimum Gasteiger partial charge on any atom is -0.454 e. The summed E-state index contributed by atoms with van der Waals surface area (Å²) in [5.41, 5.74) is 4.42. The zero-order chi connectivity index (χ0) is 24.5. The number of ether oxygens (including phenoxy) is 4. The maximum atomic E-state index is 13.0. The third-order valence-corrected chi connectivity index (χ3v) is 6.16. The lowest BCUT2D eigenvalue weighted by molar-refractivity contribution is 0.0441.